The molecule has 0 aromatic carbocycles. The van der Waals surface area contributed by atoms with E-state index in [1.807, 2.05) is 0 Å². The smallest absolute Gasteiger partial charge is 0.199 e. The van der Waals surface area contributed by atoms with E-state index in [1.165, 1.54) is 5.57 Å². The molecule has 0 spiro atoms. The van der Waals surface area contributed by atoms with E-state index in [9.17, 15) is 0 Å². The summed E-state index contributed by atoms with van der Waals surface area (Å²) >= 11 is 1.74. The van der Waals surface area contributed by atoms with E-state index in [0.29, 0.717) is 11.7 Å². The molecule has 0 unspecified atom stereocenters. The van der Waals surface area contributed by atoms with Crippen molar-refractivity contribution in [1.82, 2.24) is 14.9 Å². The molecule has 0 fully saturated rings. The Morgan fingerprint density at radius 3 is 2.86 bits per heavy atom. The number of allylic oxidation sites excluding steroid dienone is 1. The van der Waals surface area contributed by atoms with Gasteiger partial charge in [-0.2, -0.15) is 4.99 Å². The van der Waals surface area contributed by atoms with Gasteiger partial charge in [-0.15, -0.1) is 0 Å². The zero-order chi connectivity index (χ0) is 15.4. The van der Waals surface area contributed by atoms with Crippen LogP contribution in [0.1, 0.15) is 38.8 Å². The van der Waals surface area contributed by atoms with Crippen molar-refractivity contribution >= 4 is 29.2 Å². The van der Waals surface area contributed by atoms with Gasteiger partial charge in [0.1, 0.15) is 5.69 Å². The average molecular weight is 305 g/mol. The molecular weight excluding hydrogens is 282 g/mol. The highest BCUT2D eigenvalue weighted by molar-refractivity contribution is 7.99. The molecule has 1 aromatic heterocycles. The maximum Gasteiger partial charge on any atom is 0.199 e. The monoisotopic (exact) mass is 305 g/mol. The molecule has 0 radical (unpaired) electrons. The lowest BCUT2D eigenvalue weighted by Gasteiger charge is -2.14. The Morgan fingerprint density at radius 2 is 2.19 bits per heavy atom. The van der Waals surface area contributed by atoms with Crippen molar-refractivity contribution in [2.45, 2.75) is 44.8 Å². The summed E-state index contributed by atoms with van der Waals surface area (Å²) in [5.41, 5.74) is 8.58. The molecule has 6 heteroatoms. The highest BCUT2D eigenvalue weighted by Gasteiger charge is 2.22. The number of aliphatic imine (C=N–C) groups is 1. The van der Waals surface area contributed by atoms with E-state index >= 15 is 0 Å². The Balaban J connectivity index is 2.23. The predicted octanol–water partition coefficient (Wildman–Crippen LogP) is 3.26. The molecule has 0 atom stereocenters. The number of guanidine groups is 1. The van der Waals surface area contributed by atoms with E-state index < -0.39 is 0 Å². The summed E-state index contributed by atoms with van der Waals surface area (Å²) in [5.74, 6) is 2.17. The first kappa shape index (κ1) is 15.7. The third-order valence-corrected chi connectivity index (χ3v) is 4.31. The molecule has 5 nitrogen and oxygen atoms in total. The molecule has 1 aliphatic rings. The highest BCUT2D eigenvalue weighted by atomic mass is 32.2. The average Bonchev–Trinajstić information content (AvgIpc) is 2.78. The number of aromatic nitrogens is 2. The second-order valence-corrected chi connectivity index (χ2v) is 6.08. The third-order valence-electron chi connectivity index (χ3n) is 3.33. The molecule has 0 saturated carbocycles. The minimum atomic E-state index is 0.376. The number of fused-ring (bicyclic) bond motifs is 1. The molecule has 0 amide bonds. The summed E-state index contributed by atoms with van der Waals surface area (Å²) < 4.78 is 2.13. The minimum Gasteiger partial charge on any atom is -0.369 e. The summed E-state index contributed by atoms with van der Waals surface area (Å²) in [6.45, 7) is 13.2. The van der Waals surface area contributed by atoms with Crippen LogP contribution in [0.5, 0.6) is 0 Å². The van der Waals surface area contributed by atoms with Gasteiger partial charge in [0.2, 0.25) is 0 Å². The van der Waals surface area contributed by atoms with Gasteiger partial charge in [0.15, 0.2) is 16.9 Å². The van der Waals surface area contributed by atoms with Gasteiger partial charge in [0.05, 0.1) is 5.70 Å². The van der Waals surface area contributed by atoms with Gasteiger partial charge < -0.3 is 15.6 Å². The van der Waals surface area contributed by atoms with Gasteiger partial charge in [0.25, 0.3) is 0 Å². The fraction of sp³-hybridized carbons (Fsp3) is 0.467. The number of nitrogens with one attached hydrogen (secondary N) is 1. The number of hydrogen-bond acceptors (Lipinski definition) is 5. The molecule has 2 heterocycles. The van der Waals surface area contributed by atoms with Crippen molar-refractivity contribution in [1.29, 1.82) is 0 Å². The molecule has 0 saturated heterocycles. The first-order valence-electron chi connectivity index (χ1n) is 7.27. The number of thioether (sulfide) groups is 1. The first-order valence-corrected chi connectivity index (χ1v) is 8.25. The van der Waals surface area contributed by atoms with Crippen molar-refractivity contribution in [3.05, 3.63) is 24.4 Å². The van der Waals surface area contributed by atoms with E-state index in [-0.39, 0.29) is 0 Å². The number of nitrogens with two attached hydrogens (primary N) is 1. The van der Waals surface area contributed by atoms with Crippen molar-refractivity contribution in [2.24, 2.45) is 10.7 Å². The molecule has 0 aliphatic carbocycles. The second kappa shape index (κ2) is 6.85. The number of imidazole rings is 1. The lowest BCUT2D eigenvalue weighted by atomic mass is 10.2. The molecule has 0 bridgehead atoms. The van der Waals surface area contributed by atoms with E-state index in [2.05, 4.69) is 46.9 Å². The molecule has 1 aliphatic heterocycles. The third kappa shape index (κ3) is 3.50. The lowest BCUT2D eigenvalue weighted by molar-refractivity contribution is 0.624. The van der Waals surface area contributed by atoms with Gasteiger partial charge in [-0.25, -0.2) is 4.98 Å². The maximum absolute atomic E-state index is 5.79. The maximum atomic E-state index is 5.79. The fourth-order valence-electron chi connectivity index (χ4n) is 2.09. The lowest BCUT2D eigenvalue weighted by Crippen LogP contribution is -2.32. The van der Waals surface area contributed by atoms with Crippen LogP contribution in [0.3, 0.4) is 0 Å². The Morgan fingerprint density at radius 1 is 1.43 bits per heavy atom. The Kier molecular flexibility index (Phi) is 5.12. The number of nitrogens with zero attached hydrogens (tertiary/aromatic N) is 3. The van der Waals surface area contributed by atoms with Crippen molar-refractivity contribution in [3.8, 4) is 0 Å². The predicted molar refractivity (Wildman–Crippen MR) is 90.7 cm³/mol. The van der Waals surface area contributed by atoms with E-state index in [4.69, 9.17) is 5.73 Å². The topological polar surface area (TPSA) is 68.2 Å². The Labute approximate surface area is 130 Å². The largest absolute Gasteiger partial charge is 0.369 e. The highest BCUT2D eigenvalue weighted by Crippen LogP contribution is 2.33. The Hall–Kier alpha value is -1.69. The van der Waals surface area contributed by atoms with Crippen LogP contribution in [0.25, 0.3) is 5.70 Å². The minimum absolute atomic E-state index is 0.376. The molecule has 3 N–H and O–H groups in total. The van der Waals surface area contributed by atoms with Crippen molar-refractivity contribution in [3.63, 3.8) is 0 Å². The summed E-state index contributed by atoms with van der Waals surface area (Å²) in [4.78, 5) is 9.07. The normalized spacial score (nSPS) is 13.6. The van der Waals surface area contributed by atoms with E-state index in [0.717, 1.165) is 48.2 Å². The quantitative estimate of drug-likeness (QED) is 0.599. The molecule has 1 aromatic rings. The second-order valence-electron chi connectivity index (χ2n) is 5.02. The van der Waals surface area contributed by atoms with Crippen LogP contribution in [0, 0.1) is 0 Å². The summed E-state index contributed by atoms with van der Waals surface area (Å²) in [6, 6.07) is 0. The van der Waals surface area contributed by atoms with Gasteiger partial charge in [-0.3, -0.25) is 0 Å². The van der Waals surface area contributed by atoms with Crippen molar-refractivity contribution in [2.75, 3.05) is 5.75 Å². The van der Waals surface area contributed by atoms with Crippen molar-refractivity contribution < 1.29 is 0 Å². The summed E-state index contributed by atoms with van der Waals surface area (Å²) in [7, 11) is 0. The molecular formula is C15H23N5S. The van der Waals surface area contributed by atoms with Crippen LogP contribution in [0.15, 0.2) is 28.9 Å². The molecule has 2 rings (SSSR count). The van der Waals surface area contributed by atoms with Crippen LogP contribution in [-0.2, 0) is 6.54 Å². The van der Waals surface area contributed by atoms with Gasteiger partial charge in [-0.05, 0) is 19.3 Å². The van der Waals surface area contributed by atoms with Crippen LogP contribution >= 0.6 is 11.8 Å². The number of hydrogen-bond donors (Lipinski definition) is 2. The van der Waals surface area contributed by atoms with Crippen LogP contribution < -0.4 is 11.1 Å². The van der Waals surface area contributed by atoms with Crippen LogP contribution in [-0.4, -0.2) is 21.3 Å². The van der Waals surface area contributed by atoms with Gasteiger partial charge in [-0.1, -0.05) is 44.3 Å². The number of rotatable bonds is 7. The van der Waals surface area contributed by atoms with Crippen LogP contribution in [0.4, 0.5) is 5.82 Å². The first-order chi connectivity index (χ1) is 10.1. The zero-order valence-electron chi connectivity index (χ0n) is 12.8. The van der Waals surface area contributed by atoms with Gasteiger partial charge in [0, 0.05) is 12.3 Å². The molecule has 114 valence electrons. The molecule has 21 heavy (non-hydrogen) atoms. The zero-order valence-corrected chi connectivity index (χ0v) is 13.6. The SMILES string of the molecule is C=C(CC)CCSc1nc2c(n1CCC)N=C(N)NC2=C. The standard InChI is InChI=1S/C15H23N5S/c1-5-8-20-13-12(11(4)17-14(16)19-13)18-15(20)21-9-7-10(3)6-2/h3-9H2,1-2H3,(H3,16,17,19). The van der Waals surface area contributed by atoms with E-state index in [1.54, 1.807) is 11.8 Å². The fourth-order valence-corrected chi connectivity index (χ4v) is 3.16. The van der Waals surface area contributed by atoms with Crippen LogP contribution in [0.2, 0.25) is 0 Å². The summed E-state index contributed by atoms with van der Waals surface area (Å²) in [5, 5.41) is 3.91. The summed E-state index contributed by atoms with van der Waals surface area (Å²) in [6.07, 6.45) is 3.06. The van der Waals surface area contributed by atoms with Gasteiger partial charge >= 0.3 is 0 Å². The Bertz CT molecular complexity index is 585.